The third kappa shape index (κ3) is 7.62. The molecule has 18 heavy (non-hydrogen) atoms. The van der Waals surface area contributed by atoms with Crippen molar-refractivity contribution in [3.63, 3.8) is 0 Å². The van der Waals surface area contributed by atoms with Crippen LogP contribution in [0.4, 0.5) is 0 Å². The zero-order chi connectivity index (χ0) is 14.2. The van der Waals surface area contributed by atoms with Crippen molar-refractivity contribution in [1.29, 1.82) is 0 Å². The number of nitrogens with zero attached hydrogens (tertiary/aromatic N) is 1. The maximum absolute atomic E-state index is 11.4. The van der Waals surface area contributed by atoms with Gasteiger partial charge in [-0.05, 0) is 26.7 Å². The van der Waals surface area contributed by atoms with Gasteiger partial charge in [-0.1, -0.05) is 0 Å². The predicted molar refractivity (Wildman–Crippen MR) is 72.6 cm³/mol. The number of carbonyl (C=O) groups is 1. The monoisotopic (exact) mass is 279 g/mol. The molecule has 108 valence electrons. The van der Waals surface area contributed by atoms with E-state index in [0.29, 0.717) is 32.4 Å². The van der Waals surface area contributed by atoms with E-state index in [9.17, 15) is 13.2 Å². The van der Waals surface area contributed by atoms with Crippen molar-refractivity contribution in [3.8, 4) is 0 Å². The van der Waals surface area contributed by atoms with Crippen molar-refractivity contribution in [2.45, 2.75) is 39.2 Å². The number of rotatable bonds is 9. The van der Waals surface area contributed by atoms with Gasteiger partial charge < -0.3 is 11.1 Å². The minimum Gasteiger partial charge on any atom is -0.356 e. The van der Waals surface area contributed by atoms with Gasteiger partial charge in [0.25, 0.3) is 0 Å². The summed E-state index contributed by atoms with van der Waals surface area (Å²) in [7, 11) is -1.56. The fraction of sp³-hybridized carbons (Fsp3) is 0.909. The first kappa shape index (κ1) is 17.3. The van der Waals surface area contributed by atoms with E-state index in [1.54, 1.807) is 14.0 Å². The largest absolute Gasteiger partial charge is 0.356 e. The first-order valence-corrected chi connectivity index (χ1v) is 7.86. The van der Waals surface area contributed by atoms with Gasteiger partial charge in [0.2, 0.25) is 15.9 Å². The summed E-state index contributed by atoms with van der Waals surface area (Å²) < 4.78 is 24.2. The lowest BCUT2D eigenvalue weighted by Crippen LogP contribution is -2.32. The van der Waals surface area contributed by atoms with E-state index in [4.69, 9.17) is 5.73 Å². The van der Waals surface area contributed by atoms with Crippen molar-refractivity contribution < 1.29 is 13.2 Å². The van der Waals surface area contributed by atoms with E-state index < -0.39 is 10.0 Å². The van der Waals surface area contributed by atoms with E-state index in [1.165, 1.54) is 4.31 Å². The predicted octanol–water partition coefficient (Wildman–Crippen LogP) is -0.0984. The summed E-state index contributed by atoms with van der Waals surface area (Å²) in [6, 6.07) is 0.0246. The van der Waals surface area contributed by atoms with Crippen molar-refractivity contribution >= 4 is 15.9 Å². The molecule has 0 bridgehead atoms. The summed E-state index contributed by atoms with van der Waals surface area (Å²) in [5, 5.41) is 2.75. The Bertz CT molecular complexity index is 341. The lowest BCUT2D eigenvalue weighted by Gasteiger charge is -2.15. The zero-order valence-corrected chi connectivity index (χ0v) is 12.3. The summed E-state index contributed by atoms with van der Waals surface area (Å²) in [6.07, 6.45) is 1.69. The number of amides is 1. The van der Waals surface area contributed by atoms with Crippen LogP contribution in [0.5, 0.6) is 0 Å². The molecule has 0 rings (SSSR count). The van der Waals surface area contributed by atoms with Crippen molar-refractivity contribution in [3.05, 3.63) is 0 Å². The molecular formula is C11H25N3O3S. The summed E-state index contributed by atoms with van der Waals surface area (Å²) in [6.45, 7) is 4.38. The second kappa shape index (κ2) is 8.44. The van der Waals surface area contributed by atoms with Crippen LogP contribution < -0.4 is 11.1 Å². The molecule has 0 saturated heterocycles. The lowest BCUT2D eigenvalue weighted by atomic mass is 10.2. The Labute approximate surface area is 110 Å². The van der Waals surface area contributed by atoms with Gasteiger partial charge in [0.05, 0.1) is 5.75 Å². The standard InChI is InChI=1S/C11H25N3O3S/c1-4-18(16,17)14(3)9-5-8-13-11(15)7-6-10(2)12/h10H,4-9,12H2,1-3H3,(H,13,15). The molecule has 0 aliphatic carbocycles. The fourth-order valence-corrected chi connectivity index (χ4v) is 2.18. The highest BCUT2D eigenvalue weighted by molar-refractivity contribution is 7.89. The van der Waals surface area contributed by atoms with Crippen LogP contribution in [0.2, 0.25) is 0 Å². The first-order chi connectivity index (χ1) is 8.29. The molecule has 0 radical (unpaired) electrons. The van der Waals surface area contributed by atoms with Gasteiger partial charge in [0.1, 0.15) is 0 Å². The molecule has 0 spiro atoms. The number of hydrogen-bond acceptors (Lipinski definition) is 4. The molecule has 6 nitrogen and oxygen atoms in total. The summed E-state index contributed by atoms with van der Waals surface area (Å²) in [5.74, 6) is 0.0675. The average molecular weight is 279 g/mol. The van der Waals surface area contributed by atoms with Crippen molar-refractivity contribution in [2.24, 2.45) is 5.73 Å². The Morgan fingerprint density at radius 1 is 1.44 bits per heavy atom. The van der Waals surface area contributed by atoms with Crippen molar-refractivity contribution in [1.82, 2.24) is 9.62 Å². The van der Waals surface area contributed by atoms with E-state index in [-0.39, 0.29) is 17.7 Å². The molecule has 0 aromatic rings. The molecule has 0 aromatic carbocycles. The number of hydrogen-bond donors (Lipinski definition) is 2. The maximum Gasteiger partial charge on any atom is 0.220 e. The van der Waals surface area contributed by atoms with Crippen LogP contribution in [-0.4, -0.2) is 50.6 Å². The van der Waals surface area contributed by atoms with E-state index in [2.05, 4.69) is 5.32 Å². The molecule has 3 N–H and O–H groups in total. The Morgan fingerprint density at radius 2 is 2.06 bits per heavy atom. The highest BCUT2D eigenvalue weighted by Gasteiger charge is 2.14. The molecule has 0 heterocycles. The fourth-order valence-electron chi connectivity index (χ4n) is 1.34. The van der Waals surface area contributed by atoms with Crippen LogP contribution in [0.1, 0.15) is 33.1 Å². The highest BCUT2D eigenvalue weighted by atomic mass is 32.2. The third-order valence-electron chi connectivity index (χ3n) is 2.64. The zero-order valence-electron chi connectivity index (χ0n) is 11.5. The normalized spacial score (nSPS) is 13.6. The summed E-state index contributed by atoms with van der Waals surface area (Å²) >= 11 is 0. The first-order valence-electron chi connectivity index (χ1n) is 6.26. The van der Waals surface area contributed by atoms with Crippen LogP contribution in [0.3, 0.4) is 0 Å². The Morgan fingerprint density at radius 3 is 2.56 bits per heavy atom. The van der Waals surface area contributed by atoms with Gasteiger partial charge in [0, 0.05) is 32.6 Å². The second-order valence-electron chi connectivity index (χ2n) is 4.44. The molecule has 7 heteroatoms. The average Bonchev–Trinajstić information content (AvgIpc) is 2.31. The van der Waals surface area contributed by atoms with Crippen LogP contribution in [0.15, 0.2) is 0 Å². The highest BCUT2D eigenvalue weighted by Crippen LogP contribution is 1.98. The van der Waals surface area contributed by atoms with Crippen molar-refractivity contribution in [2.75, 3.05) is 25.9 Å². The molecule has 1 amide bonds. The topological polar surface area (TPSA) is 92.5 Å². The number of nitrogens with one attached hydrogen (secondary N) is 1. The summed E-state index contributed by atoms with van der Waals surface area (Å²) in [5.41, 5.74) is 5.55. The molecule has 0 aromatic heterocycles. The number of carbonyl (C=O) groups excluding carboxylic acids is 1. The minimum absolute atomic E-state index is 0.0246. The SMILES string of the molecule is CCS(=O)(=O)N(C)CCCNC(=O)CCC(C)N. The molecule has 0 aliphatic rings. The van der Waals surface area contributed by atoms with Gasteiger partial charge >= 0.3 is 0 Å². The Kier molecular flexibility index (Phi) is 8.13. The molecular weight excluding hydrogens is 254 g/mol. The summed E-state index contributed by atoms with van der Waals surface area (Å²) in [4.78, 5) is 11.3. The number of sulfonamides is 1. The lowest BCUT2D eigenvalue weighted by molar-refractivity contribution is -0.121. The molecule has 1 atom stereocenters. The van der Waals surface area contributed by atoms with Gasteiger partial charge in [-0.3, -0.25) is 4.79 Å². The van der Waals surface area contributed by atoms with Crippen LogP contribution in [0, 0.1) is 0 Å². The smallest absolute Gasteiger partial charge is 0.220 e. The Hall–Kier alpha value is -0.660. The van der Waals surface area contributed by atoms with E-state index in [1.807, 2.05) is 6.92 Å². The van der Waals surface area contributed by atoms with Gasteiger partial charge in [-0.25, -0.2) is 12.7 Å². The van der Waals surface area contributed by atoms with Crippen LogP contribution in [-0.2, 0) is 14.8 Å². The van der Waals surface area contributed by atoms with E-state index >= 15 is 0 Å². The van der Waals surface area contributed by atoms with Crippen LogP contribution in [0.25, 0.3) is 0 Å². The molecule has 0 aliphatic heterocycles. The third-order valence-corrected chi connectivity index (χ3v) is 4.50. The maximum atomic E-state index is 11.4. The van der Waals surface area contributed by atoms with Gasteiger partial charge in [-0.2, -0.15) is 0 Å². The Balaban J connectivity index is 3.71. The molecule has 1 unspecified atom stereocenters. The van der Waals surface area contributed by atoms with E-state index in [0.717, 1.165) is 0 Å². The van der Waals surface area contributed by atoms with Crippen LogP contribution >= 0.6 is 0 Å². The minimum atomic E-state index is -3.12. The number of nitrogens with two attached hydrogens (primary N) is 1. The molecule has 0 fully saturated rings. The quantitative estimate of drug-likeness (QED) is 0.577. The van der Waals surface area contributed by atoms with Gasteiger partial charge in [0.15, 0.2) is 0 Å². The van der Waals surface area contributed by atoms with Gasteiger partial charge in [-0.15, -0.1) is 0 Å². The molecule has 0 saturated carbocycles. The second-order valence-corrected chi connectivity index (χ2v) is 6.81.